The molecule has 2 nitrogen and oxygen atoms in total. The SMILES string of the molecule is C=CCCCOC1CCc2ccccc2NC1. The molecule has 1 aromatic carbocycles. The largest absolute Gasteiger partial charge is 0.382 e. The predicted molar refractivity (Wildman–Crippen MR) is 72.4 cm³/mol. The minimum Gasteiger partial charge on any atom is -0.382 e. The van der Waals surface area contributed by atoms with Crippen LogP contribution in [0.2, 0.25) is 0 Å². The first-order valence-corrected chi connectivity index (χ1v) is 6.44. The molecule has 0 spiro atoms. The molecule has 1 heterocycles. The Morgan fingerprint density at radius 3 is 3.18 bits per heavy atom. The van der Waals surface area contributed by atoms with Gasteiger partial charge >= 0.3 is 0 Å². The number of nitrogens with one attached hydrogen (secondary N) is 1. The second kappa shape index (κ2) is 6.45. The van der Waals surface area contributed by atoms with Gasteiger partial charge in [0.15, 0.2) is 0 Å². The Balaban J connectivity index is 1.80. The van der Waals surface area contributed by atoms with Gasteiger partial charge in [0.25, 0.3) is 0 Å². The zero-order valence-corrected chi connectivity index (χ0v) is 10.3. The molecule has 0 radical (unpaired) electrons. The van der Waals surface area contributed by atoms with E-state index in [2.05, 4.69) is 36.2 Å². The molecule has 0 saturated heterocycles. The number of benzene rings is 1. The Labute approximate surface area is 104 Å². The Kier molecular flexibility index (Phi) is 4.63. The van der Waals surface area contributed by atoms with Gasteiger partial charge in [-0.1, -0.05) is 24.3 Å². The van der Waals surface area contributed by atoms with Crippen molar-refractivity contribution in [3.8, 4) is 0 Å². The zero-order valence-electron chi connectivity index (χ0n) is 10.3. The molecule has 1 aromatic rings. The van der Waals surface area contributed by atoms with Crippen molar-refractivity contribution in [2.45, 2.75) is 31.8 Å². The highest BCUT2D eigenvalue weighted by atomic mass is 16.5. The van der Waals surface area contributed by atoms with E-state index in [1.54, 1.807) is 0 Å². The monoisotopic (exact) mass is 231 g/mol. The third kappa shape index (κ3) is 3.60. The van der Waals surface area contributed by atoms with Gasteiger partial charge in [-0.25, -0.2) is 0 Å². The van der Waals surface area contributed by atoms with E-state index in [0.29, 0.717) is 6.10 Å². The van der Waals surface area contributed by atoms with Gasteiger partial charge in [-0.05, 0) is 37.3 Å². The summed E-state index contributed by atoms with van der Waals surface area (Å²) in [5.41, 5.74) is 2.68. The summed E-state index contributed by atoms with van der Waals surface area (Å²) in [4.78, 5) is 0. The van der Waals surface area contributed by atoms with Crippen LogP contribution in [0.15, 0.2) is 36.9 Å². The maximum absolute atomic E-state index is 5.89. The lowest BCUT2D eigenvalue weighted by Gasteiger charge is -2.15. The van der Waals surface area contributed by atoms with E-state index in [1.807, 2.05) is 6.08 Å². The molecule has 0 fully saturated rings. The number of unbranched alkanes of at least 4 members (excludes halogenated alkanes) is 1. The maximum atomic E-state index is 5.89. The molecule has 92 valence electrons. The molecule has 0 aliphatic carbocycles. The third-order valence-corrected chi connectivity index (χ3v) is 3.18. The third-order valence-electron chi connectivity index (χ3n) is 3.18. The number of fused-ring (bicyclic) bond motifs is 1. The molecule has 1 aliphatic heterocycles. The fourth-order valence-corrected chi connectivity index (χ4v) is 2.17. The molecule has 1 aliphatic rings. The number of rotatable bonds is 5. The van der Waals surface area contributed by atoms with Crippen molar-refractivity contribution >= 4 is 5.69 Å². The summed E-state index contributed by atoms with van der Waals surface area (Å²) in [6, 6.07) is 8.53. The number of hydrogen-bond acceptors (Lipinski definition) is 2. The van der Waals surface area contributed by atoms with Crippen LogP contribution in [0.25, 0.3) is 0 Å². The summed E-state index contributed by atoms with van der Waals surface area (Å²) in [7, 11) is 0. The quantitative estimate of drug-likeness (QED) is 0.619. The first-order valence-electron chi connectivity index (χ1n) is 6.44. The van der Waals surface area contributed by atoms with Crippen LogP contribution in [0.1, 0.15) is 24.8 Å². The second-order valence-electron chi connectivity index (χ2n) is 4.50. The van der Waals surface area contributed by atoms with Crippen LogP contribution in [0.4, 0.5) is 5.69 Å². The normalized spacial score (nSPS) is 18.9. The van der Waals surface area contributed by atoms with Crippen molar-refractivity contribution in [1.29, 1.82) is 0 Å². The van der Waals surface area contributed by atoms with E-state index >= 15 is 0 Å². The summed E-state index contributed by atoms with van der Waals surface area (Å²) in [5, 5.41) is 3.47. The van der Waals surface area contributed by atoms with Crippen molar-refractivity contribution in [2.24, 2.45) is 0 Å². The first kappa shape index (κ1) is 12.2. The second-order valence-corrected chi connectivity index (χ2v) is 4.50. The van der Waals surface area contributed by atoms with E-state index in [4.69, 9.17) is 4.74 Å². The summed E-state index contributed by atoms with van der Waals surface area (Å²) >= 11 is 0. The predicted octanol–water partition coefficient (Wildman–Crippen LogP) is 3.40. The molecule has 2 rings (SSSR count). The topological polar surface area (TPSA) is 21.3 Å². The Bertz CT molecular complexity index is 335. The molecule has 1 atom stereocenters. The van der Waals surface area contributed by atoms with E-state index in [-0.39, 0.29) is 0 Å². The van der Waals surface area contributed by atoms with Gasteiger partial charge in [0, 0.05) is 18.8 Å². The number of anilines is 1. The lowest BCUT2D eigenvalue weighted by Crippen LogP contribution is -2.22. The standard InChI is InChI=1S/C15H21NO/c1-2-3-6-11-17-14-10-9-13-7-4-5-8-15(13)16-12-14/h2,4-5,7-8,14,16H,1,3,6,9-12H2. The fraction of sp³-hybridized carbons (Fsp3) is 0.467. The average Bonchev–Trinajstić information content (AvgIpc) is 2.58. The van der Waals surface area contributed by atoms with Crippen molar-refractivity contribution in [2.75, 3.05) is 18.5 Å². The van der Waals surface area contributed by atoms with Crippen LogP contribution in [0, 0.1) is 0 Å². The first-order chi connectivity index (χ1) is 8.40. The van der Waals surface area contributed by atoms with E-state index in [0.717, 1.165) is 38.8 Å². The summed E-state index contributed by atoms with van der Waals surface area (Å²) in [6.07, 6.45) is 6.62. The molecule has 0 aromatic heterocycles. The molecule has 0 saturated carbocycles. The minimum absolute atomic E-state index is 0.340. The Hall–Kier alpha value is -1.28. The van der Waals surface area contributed by atoms with Crippen molar-refractivity contribution in [3.05, 3.63) is 42.5 Å². The lowest BCUT2D eigenvalue weighted by atomic mass is 10.1. The summed E-state index contributed by atoms with van der Waals surface area (Å²) in [6.45, 7) is 5.48. The Morgan fingerprint density at radius 2 is 2.29 bits per heavy atom. The number of hydrogen-bond donors (Lipinski definition) is 1. The van der Waals surface area contributed by atoms with Crippen molar-refractivity contribution < 1.29 is 4.74 Å². The van der Waals surface area contributed by atoms with Crippen molar-refractivity contribution in [3.63, 3.8) is 0 Å². The van der Waals surface area contributed by atoms with Gasteiger partial charge in [-0.2, -0.15) is 0 Å². The maximum Gasteiger partial charge on any atom is 0.0750 e. The minimum atomic E-state index is 0.340. The molecule has 0 amide bonds. The van der Waals surface area contributed by atoms with Crippen LogP contribution >= 0.6 is 0 Å². The molecule has 2 heteroatoms. The highest BCUT2D eigenvalue weighted by Gasteiger charge is 2.15. The number of allylic oxidation sites excluding steroid dienone is 1. The zero-order chi connectivity index (χ0) is 11.9. The van der Waals surface area contributed by atoms with Crippen LogP contribution < -0.4 is 5.32 Å². The number of ether oxygens (including phenoxy) is 1. The Morgan fingerprint density at radius 1 is 1.41 bits per heavy atom. The molecular weight excluding hydrogens is 210 g/mol. The molecule has 0 bridgehead atoms. The molecular formula is C15H21NO. The lowest BCUT2D eigenvalue weighted by molar-refractivity contribution is 0.0563. The highest BCUT2D eigenvalue weighted by molar-refractivity contribution is 5.51. The van der Waals surface area contributed by atoms with Crippen LogP contribution in [-0.2, 0) is 11.2 Å². The number of para-hydroxylation sites is 1. The van der Waals surface area contributed by atoms with Gasteiger partial charge in [-0.15, -0.1) is 6.58 Å². The molecule has 17 heavy (non-hydrogen) atoms. The van der Waals surface area contributed by atoms with E-state index in [9.17, 15) is 0 Å². The van der Waals surface area contributed by atoms with Crippen LogP contribution in [-0.4, -0.2) is 19.3 Å². The smallest absolute Gasteiger partial charge is 0.0750 e. The molecule has 1 N–H and O–H groups in total. The average molecular weight is 231 g/mol. The highest BCUT2D eigenvalue weighted by Crippen LogP contribution is 2.21. The van der Waals surface area contributed by atoms with Gasteiger partial charge in [-0.3, -0.25) is 0 Å². The molecule has 1 unspecified atom stereocenters. The van der Waals surface area contributed by atoms with E-state index in [1.165, 1.54) is 11.3 Å². The summed E-state index contributed by atoms with van der Waals surface area (Å²) in [5.74, 6) is 0. The van der Waals surface area contributed by atoms with Gasteiger partial charge in [0.1, 0.15) is 0 Å². The van der Waals surface area contributed by atoms with Gasteiger partial charge in [0.2, 0.25) is 0 Å². The van der Waals surface area contributed by atoms with Gasteiger partial charge < -0.3 is 10.1 Å². The van der Waals surface area contributed by atoms with Gasteiger partial charge in [0.05, 0.1) is 6.10 Å². The fourth-order valence-electron chi connectivity index (χ4n) is 2.17. The van der Waals surface area contributed by atoms with Crippen molar-refractivity contribution in [1.82, 2.24) is 0 Å². The number of aryl methyl sites for hydroxylation is 1. The summed E-state index contributed by atoms with van der Waals surface area (Å²) < 4.78 is 5.89. The van der Waals surface area contributed by atoms with Crippen LogP contribution in [0.3, 0.4) is 0 Å². The van der Waals surface area contributed by atoms with Crippen LogP contribution in [0.5, 0.6) is 0 Å². The van der Waals surface area contributed by atoms with E-state index < -0.39 is 0 Å².